The van der Waals surface area contributed by atoms with E-state index in [1.54, 1.807) is 0 Å². The highest BCUT2D eigenvalue weighted by atomic mass is 16.6. The summed E-state index contributed by atoms with van der Waals surface area (Å²) < 4.78 is 11.7. The summed E-state index contributed by atoms with van der Waals surface area (Å²) in [6.07, 6.45) is -0.649. The summed E-state index contributed by atoms with van der Waals surface area (Å²) in [5, 5.41) is 23.0. The van der Waals surface area contributed by atoms with E-state index < -0.39 is 36.3 Å². The first-order valence-electron chi connectivity index (χ1n) is 6.33. The summed E-state index contributed by atoms with van der Waals surface area (Å²) in [6, 6.07) is 0.250. The molecule has 22 heavy (non-hydrogen) atoms. The molecular weight excluding hydrogens is 296 g/mol. The number of aromatic nitrogens is 2. The van der Waals surface area contributed by atoms with E-state index in [9.17, 15) is 15.0 Å². The second-order valence-electron chi connectivity index (χ2n) is 4.86. The molecule has 1 saturated heterocycles. The second-order valence-corrected chi connectivity index (χ2v) is 4.86. The van der Waals surface area contributed by atoms with Crippen LogP contribution >= 0.6 is 0 Å². The Balaban J connectivity index is 2.42. The van der Waals surface area contributed by atoms with Crippen molar-refractivity contribution in [2.75, 3.05) is 26.1 Å². The first-order valence-corrected chi connectivity index (χ1v) is 6.33. The Labute approximate surface area is 124 Å². The highest BCUT2D eigenvalue weighted by Crippen LogP contribution is 2.33. The number of hydrogen-bond donors (Lipinski definition) is 3. The fourth-order valence-corrected chi connectivity index (χ4v) is 2.35. The van der Waals surface area contributed by atoms with E-state index in [1.165, 1.54) is 19.4 Å². The van der Waals surface area contributed by atoms with Crippen molar-refractivity contribution in [1.82, 2.24) is 9.55 Å². The van der Waals surface area contributed by atoms with Crippen LogP contribution in [0.3, 0.4) is 0 Å². The van der Waals surface area contributed by atoms with Crippen molar-refractivity contribution in [2.45, 2.75) is 24.0 Å². The number of anilines is 1. The molecule has 11 heteroatoms. The highest BCUT2D eigenvalue weighted by Gasteiger charge is 2.51. The minimum atomic E-state index is -1.75. The van der Waals surface area contributed by atoms with Gasteiger partial charge in [0.05, 0.1) is 13.2 Å². The Bertz CT molecular complexity index is 644. The largest absolute Gasteiger partial charge is 0.393 e. The van der Waals surface area contributed by atoms with Crippen LogP contribution < -0.4 is 11.4 Å². The molecule has 0 spiro atoms. The van der Waals surface area contributed by atoms with Gasteiger partial charge < -0.3 is 25.4 Å². The van der Waals surface area contributed by atoms with Crippen LogP contribution in [-0.4, -0.2) is 57.8 Å². The van der Waals surface area contributed by atoms with Crippen LogP contribution in [-0.2, 0) is 9.47 Å². The summed E-state index contributed by atoms with van der Waals surface area (Å²) in [7, 11) is 1.32. The van der Waals surface area contributed by atoms with Gasteiger partial charge in [-0.2, -0.15) is 4.98 Å². The van der Waals surface area contributed by atoms with Gasteiger partial charge in [-0.25, -0.2) is 4.79 Å². The van der Waals surface area contributed by atoms with Crippen molar-refractivity contribution in [2.24, 2.45) is 5.11 Å². The van der Waals surface area contributed by atoms with Gasteiger partial charge >= 0.3 is 5.69 Å². The predicted octanol–water partition coefficient (Wildman–Crippen LogP) is -1.23. The van der Waals surface area contributed by atoms with Gasteiger partial charge in [0.15, 0.2) is 6.23 Å². The number of aliphatic hydroxyl groups excluding tert-OH is 1. The predicted molar refractivity (Wildman–Crippen MR) is 73.7 cm³/mol. The quantitative estimate of drug-likeness (QED) is 0.347. The third-order valence-corrected chi connectivity index (χ3v) is 3.49. The molecule has 1 fully saturated rings. The van der Waals surface area contributed by atoms with Gasteiger partial charge in [-0.3, -0.25) is 4.57 Å². The van der Waals surface area contributed by atoms with Gasteiger partial charge in [0, 0.05) is 18.2 Å². The van der Waals surface area contributed by atoms with Crippen LogP contribution in [0.15, 0.2) is 22.2 Å². The number of ether oxygens (including phenoxy) is 2. The molecule has 0 radical (unpaired) electrons. The molecule has 1 aromatic heterocycles. The second kappa shape index (κ2) is 6.30. The van der Waals surface area contributed by atoms with E-state index in [-0.39, 0.29) is 12.4 Å². The van der Waals surface area contributed by atoms with Gasteiger partial charge in [-0.1, -0.05) is 5.11 Å². The standard InChI is InChI=1S/C11H16N6O5/c1-21-9(17-3-2-6(12)14-10(17)19)7-8(15-16-13)11(20,4-18)5-22-7/h2-3,7-9,18,20H,4-5H2,1H3,(H2,12,14,19)/t7-,8+,9-,11+/m1/s1. The lowest BCUT2D eigenvalue weighted by molar-refractivity contribution is -0.0751. The van der Waals surface area contributed by atoms with Crippen LogP contribution in [0, 0.1) is 0 Å². The molecule has 0 amide bonds. The molecule has 4 N–H and O–H groups in total. The minimum Gasteiger partial charge on any atom is -0.393 e. The average molecular weight is 312 g/mol. The van der Waals surface area contributed by atoms with Crippen LogP contribution in [0.5, 0.6) is 0 Å². The monoisotopic (exact) mass is 312 g/mol. The molecule has 1 aliphatic rings. The van der Waals surface area contributed by atoms with Crippen molar-refractivity contribution in [3.63, 3.8) is 0 Å². The minimum absolute atomic E-state index is 0.0434. The average Bonchev–Trinajstić information content (AvgIpc) is 2.81. The Hall–Kier alpha value is -2.17. The first kappa shape index (κ1) is 16.2. The molecule has 2 heterocycles. The number of aliphatic hydroxyl groups is 2. The highest BCUT2D eigenvalue weighted by molar-refractivity contribution is 5.23. The van der Waals surface area contributed by atoms with Gasteiger partial charge in [-0.15, -0.1) is 0 Å². The molecular formula is C11H16N6O5. The number of nitrogen functional groups attached to an aromatic ring is 1. The molecule has 1 aliphatic heterocycles. The maximum Gasteiger partial charge on any atom is 0.351 e. The molecule has 0 aliphatic carbocycles. The summed E-state index contributed by atoms with van der Waals surface area (Å²) >= 11 is 0. The number of methoxy groups -OCH3 is 1. The molecule has 0 bridgehead atoms. The maximum absolute atomic E-state index is 11.9. The Morgan fingerprint density at radius 2 is 2.55 bits per heavy atom. The van der Waals surface area contributed by atoms with Crippen LogP contribution in [0.25, 0.3) is 10.4 Å². The zero-order valence-electron chi connectivity index (χ0n) is 11.7. The normalized spacial score (nSPS) is 29.0. The van der Waals surface area contributed by atoms with Crippen LogP contribution in [0.4, 0.5) is 5.82 Å². The lowest BCUT2D eigenvalue weighted by Crippen LogP contribution is -2.48. The van der Waals surface area contributed by atoms with Gasteiger partial charge in [0.1, 0.15) is 23.6 Å². The van der Waals surface area contributed by atoms with Crippen molar-refractivity contribution in [3.8, 4) is 0 Å². The zero-order chi connectivity index (χ0) is 16.3. The molecule has 120 valence electrons. The van der Waals surface area contributed by atoms with E-state index in [0.717, 1.165) is 4.57 Å². The summed E-state index contributed by atoms with van der Waals surface area (Å²) in [6.45, 7) is -0.937. The van der Waals surface area contributed by atoms with Crippen molar-refractivity contribution >= 4 is 5.82 Å². The van der Waals surface area contributed by atoms with E-state index in [1.807, 2.05) is 0 Å². The lowest BCUT2D eigenvalue weighted by Gasteiger charge is -2.29. The fourth-order valence-electron chi connectivity index (χ4n) is 2.35. The third kappa shape index (κ3) is 2.75. The molecule has 0 unspecified atom stereocenters. The number of hydrogen-bond acceptors (Lipinski definition) is 8. The molecule has 11 nitrogen and oxygen atoms in total. The summed E-state index contributed by atoms with van der Waals surface area (Å²) in [5.41, 5.74) is 11.6. The van der Waals surface area contributed by atoms with E-state index in [2.05, 4.69) is 15.0 Å². The summed E-state index contributed by atoms with van der Waals surface area (Å²) in [4.78, 5) is 18.1. The van der Waals surface area contributed by atoms with Gasteiger partial charge in [0.2, 0.25) is 0 Å². The number of nitrogens with zero attached hydrogens (tertiary/aromatic N) is 5. The summed E-state index contributed by atoms with van der Waals surface area (Å²) in [5.74, 6) is 0.0434. The molecule has 1 aromatic rings. The molecule has 4 atom stereocenters. The molecule has 2 rings (SSSR count). The molecule has 0 saturated carbocycles. The zero-order valence-corrected chi connectivity index (χ0v) is 11.7. The third-order valence-electron chi connectivity index (χ3n) is 3.49. The van der Waals surface area contributed by atoms with E-state index >= 15 is 0 Å². The van der Waals surface area contributed by atoms with Crippen molar-refractivity contribution < 1.29 is 19.7 Å². The Morgan fingerprint density at radius 3 is 3.09 bits per heavy atom. The molecule has 0 aromatic carbocycles. The van der Waals surface area contributed by atoms with Crippen molar-refractivity contribution in [1.29, 1.82) is 0 Å². The number of azide groups is 1. The Kier molecular flexibility index (Phi) is 4.64. The topological polar surface area (TPSA) is 169 Å². The Morgan fingerprint density at radius 1 is 1.82 bits per heavy atom. The van der Waals surface area contributed by atoms with E-state index in [4.69, 9.17) is 20.7 Å². The van der Waals surface area contributed by atoms with Gasteiger partial charge in [0.25, 0.3) is 0 Å². The number of rotatable bonds is 5. The van der Waals surface area contributed by atoms with Crippen LogP contribution in [0.1, 0.15) is 6.23 Å². The number of nitrogens with two attached hydrogens (primary N) is 1. The van der Waals surface area contributed by atoms with Crippen molar-refractivity contribution in [3.05, 3.63) is 33.2 Å². The first-order chi connectivity index (χ1) is 10.5. The van der Waals surface area contributed by atoms with Crippen LogP contribution in [0.2, 0.25) is 0 Å². The smallest absolute Gasteiger partial charge is 0.351 e. The van der Waals surface area contributed by atoms with Gasteiger partial charge in [-0.05, 0) is 11.6 Å². The maximum atomic E-state index is 11.9. The lowest BCUT2D eigenvalue weighted by atomic mass is 9.94. The SMILES string of the molecule is CO[C@H]([C@@H]1OC[C@@](O)(CO)[C@H]1N=[N+]=[N-])n1ccc(N)nc1=O. The fraction of sp³-hybridized carbons (Fsp3) is 0.636. The van der Waals surface area contributed by atoms with E-state index in [0.29, 0.717) is 0 Å².